The van der Waals surface area contributed by atoms with Gasteiger partial charge in [0.15, 0.2) is 0 Å². The van der Waals surface area contributed by atoms with E-state index in [4.69, 9.17) is 4.74 Å². The molecule has 0 spiro atoms. The summed E-state index contributed by atoms with van der Waals surface area (Å²) in [4.78, 5) is 8.64. The molecule has 0 aromatic carbocycles. The number of rotatable bonds is 3. The zero-order chi connectivity index (χ0) is 10.7. The van der Waals surface area contributed by atoms with Gasteiger partial charge < -0.3 is 4.74 Å². The molecule has 15 heavy (non-hydrogen) atoms. The number of hydrogen-bond acceptors (Lipinski definition) is 3. The van der Waals surface area contributed by atoms with Crippen LogP contribution in [0.15, 0.2) is 29.0 Å². The Labute approximate surface area is 96.6 Å². The maximum absolute atomic E-state index is 5.01. The third-order valence-electron chi connectivity index (χ3n) is 2.16. The summed E-state index contributed by atoms with van der Waals surface area (Å²) in [6, 6.07) is 6.01. The Morgan fingerprint density at radius 1 is 1.40 bits per heavy atom. The van der Waals surface area contributed by atoms with Crippen molar-refractivity contribution in [3.8, 4) is 0 Å². The van der Waals surface area contributed by atoms with Gasteiger partial charge in [-0.25, -0.2) is 4.98 Å². The number of pyridine rings is 2. The lowest BCUT2D eigenvalue weighted by Crippen LogP contribution is -1.97. The number of aromatic nitrogens is 2. The van der Waals surface area contributed by atoms with Crippen LogP contribution in [0.4, 0.5) is 0 Å². The molecule has 0 saturated heterocycles. The maximum Gasteiger partial charge on any atom is 0.106 e. The number of fused-ring (bicyclic) bond motifs is 1. The van der Waals surface area contributed by atoms with Crippen molar-refractivity contribution in [3.05, 3.63) is 34.7 Å². The van der Waals surface area contributed by atoms with Crippen LogP contribution in [0.3, 0.4) is 0 Å². The molecule has 0 unspecified atom stereocenters. The molecule has 0 aliphatic rings. The quantitative estimate of drug-likeness (QED) is 0.802. The van der Waals surface area contributed by atoms with Crippen LogP contribution in [0.5, 0.6) is 0 Å². The topological polar surface area (TPSA) is 35.0 Å². The van der Waals surface area contributed by atoms with E-state index in [1.807, 2.05) is 18.2 Å². The molecule has 2 heterocycles. The van der Waals surface area contributed by atoms with E-state index in [2.05, 4.69) is 25.9 Å². The summed E-state index contributed by atoms with van der Waals surface area (Å²) in [5.41, 5.74) is 1.94. The van der Waals surface area contributed by atoms with E-state index in [-0.39, 0.29) is 0 Å². The highest BCUT2D eigenvalue weighted by Crippen LogP contribution is 2.15. The number of halogens is 1. The number of hydrogen-bond donors (Lipinski definition) is 0. The maximum atomic E-state index is 5.01. The molecule has 78 valence electrons. The first-order chi connectivity index (χ1) is 7.29. The van der Waals surface area contributed by atoms with Crippen LogP contribution >= 0.6 is 15.9 Å². The van der Waals surface area contributed by atoms with E-state index in [0.717, 1.165) is 27.6 Å². The molecule has 0 saturated carbocycles. The third kappa shape index (κ3) is 2.52. The second-order valence-electron chi connectivity index (χ2n) is 3.25. The predicted octanol–water partition coefficient (Wildman–Crippen LogP) is 2.58. The van der Waals surface area contributed by atoms with Crippen molar-refractivity contribution in [2.24, 2.45) is 0 Å². The minimum Gasteiger partial charge on any atom is -0.384 e. The molecule has 0 amide bonds. The normalized spacial score (nSPS) is 10.8. The summed E-state index contributed by atoms with van der Waals surface area (Å²) < 4.78 is 5.85. The minimum atomic E-state index is 0.697. The predicted molar refractivity (Wildman–Crippen MR) is 62.8 cm³/mol. The van der Waals surface area contributed by atoms with Crippen LogP contribution in [0.1, 0.15) is 5.69 Å². The zero-order valence-corrected chi connectivity index (χ0v) is 9.99. The van der Waals surface area contributed by atoms with Crippen molar-refractivity contribution >= 4 is 26.8 Å². The van der Waals surface area contributed by atoms with Crippen molar-refractivity contribution in [1.29, 1.82) is 0 Å². The van der Waals surface area contributed by atoms with Gasteiger partial charge in [-0.2, -0.15) is 0 Å². The van der Waals surface area contributed by atoms with Crippen LogP contribution in [0, 0.1) is 0 Å². The van der Waals surface area contributed by atoms with E-state index < -0.39 is 0 Å². The van der Waals surface area contributed by atoms with Gasteiger partial charge in [0.05, 0.1) is 18.3 Å². The fourth-order valence-electron chi connectivity index (χ4n) is 1.39. The van der Waals surface area contributed by atoms with Crippen LogP contribution in [0.2, 0.25) is 0 Å². The second-order valence-corrected chi connectivity index (χ2v) is 4.06. The first-order valence-corrected chi connectivity index (χ1v) is 5.49. The van der Waals surface area contributed by atoms with Crippen LogP contribution in [0.25, 0.3) is 10.9 Å². The Balaban J connectivity index is 2.34. The minimum absolute atomic E-state index is 0.697. The fraction of sp³-hybridized carbons (Fsp3) is 0.273. The lowest BCUT2D eigenvalue weighted by Gasteiger charge is -2.02. The third-order valence-corrected chi connectivity index (χ3v) is 2.60. The van der Waals surface area contributed by atoms with E-state index >= 15 is 0 Å². The molecule has 2 aromatic heterocycles. The largest absolute Gasteiger partial charge is 0.384 e. The molecule has 0 atom stereocenters. The van der Waals surface area contributed by atoms with E-state index in [1.54, 1.807) is 13.3 Å². The van der Waals surface area contributed by atoms with E-state index in [1.165, 1.54) is 0 Å². The summed E-state index contributed by atoms with van der Waals surface area (Å²) >= 11 is 3.33. The van der Waals surface area contributed by atoms with Crippen molar-refractivity contribution in [2.45, 2.75) is 6.42 Å². The molecule has 3 nitrogen and oxygen atoms in total. The second kappa shape index (κ2) is 4.68. The van der Waals surface area contributed by atoms with Gasteiger partial charge in [0.2, 0.25) is 0 Å². The van der Waals surface area contributed by atoms with Crippen molar-refractivity contribution in [1.82, 2.24) is 9.97 Å². The summed E-state index contributed by atoms with van der Waals surface area (Å²) in [7, 11) is 1.69. The molecule has 0 radical (unpaired) electrons. The van der Waals surface area contributed by atoms with Gasteiger partial charge in [-0.15, -0.1) is 0 Å². The smallest absolute Gasteiger partial charge is 0.106 e. The zero-order valence-electron chi connectivity index (χ0n) is 8.40. The SMILES string of the molecule is COCCc1cc2ccc(Br)nc2cn1. The van der Waals surface area contributed by atoms with Crippen LogP contribution < -0.4 is 0 Å². The Morgan fingerprint density at radius 3 is 3.07 bits per heavy atom. The summed E-state index contributed by atoms with van der Waals surface area (Å²) in [5, 5.41) is 1.11. The Hall–Kier alpha value is -1.00. The van der Waals surface area contributed by atoms with E-state index in [0.29, 0.717) is 6.61 Å². The highest BCUT2D eigenvalue weighted by Gasteiger charge is 1.99. The first kappa shape index (κ1) is 10.5. The Kier molecular flexibility index (Phi) is 3.28. The molecule has 4 heteroatoms. The Morgan fingerprint density at radius 2 is 2.27 bits per heavy atom. The van der Waals surface area contributed by atoms with Crippen molar-refractivity contribution in [2.75, 3.05) is 13.7 Å². The highest BCUT2D eigenvalue weighted by molar-refractivity contribution is 9.10. The standard InChI is InChI=1S/C11H11BrN2O/c1-15-5-4-9-6-8-2-3-11(12)14-10(8)7-13-9/h2-3,6-7H,4-5H2,1H3. The number of ether oxygens (including phenoxy) is 1. The number of methoxy groups -OCH3 is 1. The molecular weight excluding hydrogens is 256 g/mol. The van der Waals surface area contributed by atoms with Crippen molar-refractivity contribution < 1.29 is 4.74 Å². The molecule has 0 fully saturated rings. The lowest BCUT2D eigenvalue weighted by atomic mass is 10.2. The first-order valence-electron chi connectivity index (χ1n) is 4.70. The van der Waals surface area contributed by atoms with Crippen molar-refractivity contribution in [3.63, 3.8) is 0 Å². The molecule has 0 aliphatic carbocycles. The van der Waals surface area contributed by atoms with Gasteiger partial charge in [0, 0.05) is 24.6 Å². The molecule has 2 aromatic rings. The molecular formula is C11H11BrN2O. The summed E-state index contributed by atoms with van der Waals surface area (Å²) in [5.74, 6) is 0. The van der Waals surface area contributed by atoms with Gasteiger partial charge >= 0.3 is 0 Å². The van der Waals surface area contributed by atoms with E-state index in [9.17, 15) is 0 Å². The van der Waals surface area contributed by atoms with Crippen LogP contribution in [-0.4, -0.2) is 23.7 Å². The number of nitrogens with zero attached hydrogens (tertiary/aromatic N) is 2. The lowest BCUT2D eigenvalue weighted by molar-refractivity contribution is 0.201. The Bertz CT molecular complexity index is 473. The average molecular weight is 267 g/mol. The monoisotopic (exact) mass is 266 g/mol. The van der Waals surface area contributed by atoms with Gasteiger partial charge in [-0.1, -0.05) is 6.07 Å². The van der Waals surface area contributed by atoms with Gasteiger partial charge in [-0.3, -0.25) is 4.98 Å². The molecule has 0 bridgehead atoms. The molecule has 0 N–H and O–H groups in total. The van der Waals surface area contributed by atoms with Crippen LogP contribution in [-0.2, 0) is 11.2 Å². The highest BCUT2D eigenvalue weighted by atomic mass is 79.9. The molecule has 0 aliphatic heterocycles. The van der Waals surface area contributed by atoms with Gasteiger partial charge in [0.25, 0.3) is 0 Å². The van der Waals surface area contributed by atoms with Gasteiger partial charge in [0.1, 0.15) is 4.60 Å². The van der Waals surface area contributed by atoms with Gasteiger partial charge in [-0.05, 0) is 28.1 Å². The summed E-state index contributed by atoms with van der Waals surface area (Å²) in [6.07, 6.45) is 2.63. The summed E-state index contributed by atoms with van der Waals surface area (Å²) in [6.45, 7) is 0.697. The fourth-order valence-corrected chi connectivity index (χ4v) is 1.71. The average Bonchev–Trinajstić information content (AvgIpc) is 2.26. The molecule has 2 rings (SSSR count).